The molecule has 1 N–H and O–H groups in total. The van der Waals surface area contributed by atoms with Gasteiger partial charge in [-0.2, -0.15) is 0 Å². The molecule has 0 aliphatic heterocycles. The summed E-state index contributed by atoms with van der Waals surface area (Å²) in [5.41, 5.74) is 0.581. The van der Waals surface area contributed by atoms with Crippen LogP contribution in [-0.4, -0.2) is 13.6 Å². The van der Waals surface area contributed by atoms with Gasteiger partial charge in [0.15, 0.2) is 0 Å². The zero-order chi connectivity index (χ0) is 14.3. The van der Waals surface area contributed by atoms with Crippen molar-refractivity contribution in [1.82, 2.24) is 5.32 Å². The average molecular weight is 268 g/mol. The molecule has 0 saturated heterocycles. The van der Waals surface area contributed by atoms with Gasteiger partial charge in [0.2, 0.25) is 0 Å². The monoisotopic (exact) mass is 267 g/mol. The molecule has 0 amide bonds. The van der Waals surface area contributed by atoms with E-state index in [-0.39, 0.29) is 0 Å². The van der Waals surface area contributed by atoms with Crippen LogP contribution in [0.2, 0.25) is 0 Å². The summed E-state index contributed by atoms with van der Waals surface area (Å²) in [6, 6.07) is 0. The van der Waals surface area contributed by atoms with E-state index in [4.69, 9.17) is 0 Å². The van der Waals surface area contributed by atoms with Crippen LogP contribution in [0.5, 0.6) is 0 Å². The quantitative estimate of drug-likeness (QED) is 0.633. The predicted octanol–water partition coefficient (Wildman–Crippen LogP) is 5.25. The lowest BCUT2D eigenvalue weighted by molar-refractivity contribution is 0.0955. The molecule has 19 heavy (non-hydrogen) atoms. The Balaban J connectivity index is 2.57. The van der Waals surface area contributed by atoms with Crippen molar-refractivity contribution in [2.45, 2.75) is 79.1 Å². The molecule has 0 bridgehead atoms. The molecule has 114 valence electrons. The Morgan fingerprint density at radius 2 is 1.95 bits per heavy atom. The van der Waals surface area contributed by atoms with E-state index >= 15 is 0 Å². The van der Waals surface area contributed by atoms with Gasteiger partial charge in [0.1, 0.15) is 0 Å². The van der Waals surface area contributed by atoms with E-state index in [1.165, 1.54) is 57.9 Å². The second kappa shape index (κ2) is 8.29. The fraction of sp³-hybridized carbons (Fsp3) is 1.00. The van der Waals surface area contributed by atoms with E-state index in [1.807, 2.05) is 0 Å². The predicted molar refractivity (Wildman–Crippen MR) is 86.5 cm³/mol. The number of hydrogen-bond acceptors (Lipinski definition) is 1. The van der Waals surface area contributed by atoms with Crippen LogP contribution in [0, 0.1) is 23.2 Å². The summed E-state index contributed by atoms with van der Waals surface area (Å²) in [7, 11) is 2.12. The third-order valence-electron chi connectivity index (χ3n) is 5.32. The van der Waals surface area contributed by atoms with E-state index in [9.17, 15) is 0 Å². The zero-order valence-corrected chi connectivity index (χ0v) is 14.1. The van der Waals surface area contributed by atoms with Gasteiger partial charge in [-0.25, -0.2) is 0 Å². The molecule has 0 radical (unpaired) electrons. The Kier molecular flexibility index (Phi) is 7.42. The van der Waals surface area contributed by atoms with Crippen LogP contribution in [0.1, 0.15) is 79.1 Å². The van der Waals surface area contributed by atoms with Gasteiger partial charge in [0.05, 0.1) is 0 Å². The first kappa shape index (κ1) is 17.0. The molecule has 1 saturated carbocycles. The molecule has 3 unspecified atom stereocenters. The minimum absolute atomic E-state index is 0.581. The van der Waals surface area contributed by atoms with Crippen LogP contribution in [0.25, 0.3) is 0 Å². The summed E-state index contributed by atoms with van der Waals surface area (Å²) in [4.78, 5) is 0. The van der Waals surface area contributed by atoms with Crippen LogP contribution in [-0.2, 0) is 0 Å². The average Bonchev–Trinajstić information content (AvgIpc) is 2.37. The van der Waals surface area contributed by atoms with Crippen molar-refractivity contribution in [2.24, 2.45) is 23.2 Å². The van der Waals surface area contributed by atoms with Gasteiger partial charge in [-0.15, -0.1) is 0 Å². The minimum Gasteiger partial charge on any atom is -0.319 e. The Labute approximate surface area is 121 Å². The first-order chi connectivity index (χ1) is 9.02. The number of hydrogen-bond donors (Lipinski definition) is 1. The molecule has 3 atom stereocenters. The topological polar surface area (TPSA) is 12.0 Å². The molecule has 1 aliphatic carbocycles. The maximum Gasteiger partial charge on any atom is -0.00209 e. The maximum absolute atomic E-state index is 3.43. The Morgan fingerprint density at radius 3 is 2.53 bits per heavy atom. The molecule has 1 fully saturated rings. The van der Waals surface area contributed by atoms with Crippen LogP contribution in [0.3, 0.4) is 0 Å². The van der Waals surface area contributed by atoms with Crippen molar-refractivity contribution < 1.29 is 0 Å². The summed E-state index contributed by atoms with van der Waals surface area (Å²) in [5.74, 6) is 2.85. The SMILES string of the molecule is CCCCC(CC)CC1CC(C)(C)CCC1CNC. The Morgan fingerprint density at radius 1 is 1.21 bits per heavy atom. The van der Waals surface area contributed by atoms with Crippen molar-refractivity contribution in [3.63, 3.8) is 0 Å². The van der Waals surface area contributed by atoms with Crippen LogP contribution in [0.4, 0.5) is 0 Å². The van der Waals surface area contributed by atoms with Crippen LogP contribution >= 0.6 is 0 Å². The largest absolute Gasteiger partial charge is 0.319 e. The lowest BCUT2D eigenvalue weighted by atomic mass is 9.64. The van der Waals surface area contributed by atoms with Crippen LogP contribution < -0.4 is 5.32 Å². The van der Waals surface area contributed by atoms with Gasteiger partial charge < -0.3 is 5.32 Å². The van der Waals surface area contributed by atoms with Gasteiger partial charge in [0.25, 0.3) is 0 Å². The third kappa shape index (κ3) is 5.85. The maximum atomic E-state index is 3.43. The zero-order valence-electron chi connectivity index (χ0n) is 14.1. The van der Waals surface area contributed by atoms with Gasteiger partial charge in [0, 0.05) is 0 Å². The normalized spacial score (nSPS) is 28.3. The van der Waals surface area contributed by atoms with Crippen molar-refractivity contribution in [2.75, 3.05) is 13.6 Å². The minimum atomic E-state index is 0.581. The highest BCUT2D eigenvalue weighted by atomic mass is 14.8. The molecule has 1 heteroatoms. The number of rotatable bonds is 8. The highest BCUT2D eigenvalue weighted by Crippen LogP contribution is 2.44. The van der Waals surface area contributed by atoms with Crippen molar-refractivity contribution >= 4 is 0 Å². The molecule has 1 aliphatic rings. The van der Waals surface area contributed by atoms with E-state index in [2.05, 4.69) is 40.1 Å². The van der Waals surface area contributed by atoms with Crippen molar-refractivity contribution in [3.05, 3.63) is 0 Å². The molecule has 1 rings (SSSR count). The van der Waals surface area contributed by atoms with Gasteiger partial charge in [-0.3, -0.25) is 0 Å². The van der Waals surface area contributed by atoms with Crippen molar-refractivity contribution in [1.29, 1.82) is 0 Å². The number of nitrogens with one attached hydrogen (secondary N) is 1. The standard InChI is InChI=1S/C18H37N/c1-6-8-9-15(7-2)12-17-13-18(3,4)11-10-16(17)14-19-5/h15-17,19H,6-14H2,1-5H3. The Hall–Kier alpha value is -0.0400. The number of unbranched alkanes of at least 4 members (excludes halogenated alkanes) is 1. The molecule has 0 heterocycles. The molecule has 0 aromatic carbocycles. The van der Waals surface area contributed by atoms with Gasteiger partial charge in [-0.05, 0) is 62.4 Å². The van der Waals surface area contributed by atoms with Gasteiger partial charge in [-0.1, -0.05) is 53.4 Å². The fourth-order valence-electron chi connectivity index (χ4n) is 4.01. The molecule has 1 nitrogen and oxygen atoms in total. The lowest BCUT2D eigenvalue weighted by Gasteiger charge is -2.42. The highest BCUT2D eigenvalue weighted by Gasteiger charge is 2.35. The lowest BCUT2D eigenvalue weighted by Crippen LogP contribution is -2.36. The van der Waals surface area contributed by atoms with Crippen LogP contribution in [0.15, 0.2) is 0 Å². The van der Waals surface area contributed by atoms with Crippen molar-refractivity contribution in [3.8, 4) is 0 Å². The molecule has 0 spiro atoms. The first-order valence-electron chi connectivity index (χ1n) is 8.67. The second-order valence-electron chi connectivity index (χ2n) is 7.64. The second-order valence-corrected chi connectivity index (χ2v) is 7.64. The summed E-state index contributed by atoms with van der Waals surface area (Å²) in [6.45, 7) is 10.9. The highest BCUT2D eigenvalue weighted by molar-refractivity contribution is 4.86. The van der Waals surface area contributed by atoms with E-state index in [0.717, 1.165) is 17.8 Å². The molecular formula is C18H37N. The summed E-state index contributed by atoms with van der Waals surface area (Å²) >= 11 is 0. The molecular weight excluding hydrogens is 230 g/mol. The van der Waals surface area contributed by atoms with E-state index in [1.54, 1.807) is 0 Å². The van der Waals surface area contributed by atoms with E-state index < -0.39 is 0 Å². The summed E-state index contributed by atoms with van der Waals surface area (Å²) in [6.07, 6.45) is 11.4. The first-order valence-corrected chi connectivity index (χ1v) is 8.67. The molecule has 0 aromatic heterocycles. The summed E-state index contributed by atoms with van der Waals surface area (Å²) < 4.78 is 0. The Bertz CT molecular complexity index is 234. The summed E-state index contributed by atoms with van der Waals surface area (Å²) in [5, 5.41) is 3.43. The van der Waals surface area contributed by atoms with E-state index in [0.29, 0.717) is 5.41 Å². The molecule has 0 aromatic rings. The fourth-order valence-corrected chi connectivity index (χ4v) is 4.01. The van der Waals surface area contributed by atoms with Gasteiger partial charge >= 0.3 is 0 Å². The smallest absolute Gasteiger partial charge is 0.00209 e. The third-order valence-corrected chi connectivity index (χ3v) is 5.32.